The molecule has 2 rings (SSSR count). The number of anilines is 1. The van der Waals surface area contributed by atoms with Gasteiger partial charge in [0.25, 0.3) is 0 Å². The SMILES string of the molecule is CN(C)c1ccc(CC2(O)CC2)cc1F. The fourth-order valence-corrected chi connectivity index (χ4v) is 1.72. The van der Waals surface area contributed by atoms with Gasteiger partial charge in [0.15, 0.2) is 0 Å². The molecule has 3 heteroatoms. The van der Waals surface area contributed by atoms with Gasteiger partial charge in [-0.2, -0.15) is 0 Å². The van der Waals surface area contributed by atoms with Gasteiger partial charge in [0, 0.05) is 20.5 Å². The van der Waals surface area contributed by atoms with E-state index in [2.05, 4.69) is 0 Å². The van der Waals surface area contributed by atoms with Gasteiger partial charge >= 0.3 is 0 Å². The Labute approximate surface area is 89.3 Å². The molecule has 0 aromatic heterocycles. The Morgan fingerprint density at radius 2 is 2.07 bits per heavy atom. The van der Waals surface area contributed by atoms with Crippen molar-refractivity contribution in [1.82, 2.24) is 0 Å². The van der Waals surface area contributed by atoms with Crippen LogP contribution in [-0.4, -0.2) is 24.8 Å². The number of hydrogen-bond acceptors (Lipinski definition) is 2. The van der Waals surface area contributed by atoms with E-state index in [9.17, 15) is 9.50 Å². The highest BCUT2D eigenvalue weighted by molar-refractivity contribution is 5.48. The Morgan fingerprint density at radius 3 is 2.53 bits per heavy atom. The second kappa shape index (κ2) is 3.49. The van der Waals surface area contributed by atoms with Crippen LogP contribution in [0.3, 0.4) is 0 Å². The standard InChI is InChI=1S/C12H16FNO/c1-14(2)11-4-3-9(7-10(11)13)8-12(15)5-6-12/h3-4,7,15H,5-6,8H2,1-2H3. The van der Waals surface area contributed by atoms with E-state index in [1.807, 2.05) is 20.2 Å². The van der Waals surface area contributed by atoms with E-state index in [1.165, 1.54) is 6.07 Å². The molecule has 0 saturated heterocycles. The predicted molar refractivity (Wildman–Crippen MR) is 58.6 cm³/mol. The van der Waals surface area contributed by atoms with Gasteiger partial charge in [-0.05, 0) is 30.5 Å². The number of hydrogen-bond donors (Lipinski definition) is 1. The van der Waals surface area contributed by atoms with E-state index in [0.29, 0.717) is 12.1 Å². The van der Waals surface area contributed by atoms with Gasteiger partial charge in [-0.15, -0.1) is 0 Å². The van der Waals surface area contributed by atoms with Crippen molar-refractivity contribution in [1.29, 1.82) is 0 Å². The quantitative estimate of drug-likeness (QED) is 0.822. The van der Waals surface area contributed by atoms with Crippen LogP contribution in [0.15, 0.2) is 18.2 Å². The predicted octanol–water partition coefficient (Wildman–Crippen LogP) is 1.96. The first-order valence-corrected chi connectivity index (χ1v) is 5.18. The zero-order chi connectivity index (χ0) is 11.1. The van der Waals surface area contributed by atoms with Gasteiger partial charge < -0.3 is 10.0 Å². The summed E-state index contributed by atoms with van der Waals surface area (Å²) in [6.45, 7) is 0. The number of aliphatic hydroxyl groups is 1. The molecule has 1 aliphatic rings. The molecule has 1 saturated carbocycles. The van der Waals surface area contributed by atoms with Gasteiger partial charge in [0.2, 0.25) is 0 Å². The molecule has 1 N–H and O–H groups in total. The highest BCUT2D eigenvalue weighted by Gasteiger charge is 2.40. The minimum atomic E-state index is -0.550. The Hall–Kier alpha value is -1.09. The fraction of sp³-hybridized carbons (Fsp3) is 0.500. The molecule has 1 aliphatic carbocycles. The molecule has 0 radical (unpaired) electrons. The van der Waals surface area contributed by atoms with E-state index < -0.39 is 5.60 Å². The van der Waals surface area contributed by atoms with Crippen molar-refractivity contribution in [3.63, 3.8) is 0 Å². The molecular formula is C12H16FNO. The lowest BCUT2D eigenvalue weighted by Crippen LogP contribution is -2.13. The summed E-state index contributed by atoms with van der Waals surface area (Å²) in [7, 11) is 3.62. The minimum Gasteiger partial charge on any atom is -0.390 e. The molecule has 0 atom stereocenters. The molecule has 82 valence electrons. The monoisotopic (exact) mass is 209 g/mol. The Kier molecular flexibility index (Phi) is 2.43. The van der Waals surface area contributed by atoms with Crippen LogP contribution in [0.5, 0.6) is 0 Å². The zero-order valence-electron chi connectivity index (χ0n) is 9.13. The third kappa shape index (κ3) is 2.29. The van der Waals surface area contributed by atoms with Crippen LogP contribution in [0.25, 0.3) is 0 Å². The maximum Gasteiger partial charge on any atom is 0.146 e. The van der Waals surface area contributed by atoms with E-state index in [0.717, 1.165) is 18.4 Å². The molecule has 0 bridgehead atoms. The van der Waals surface area contributed by atoms with Crippen molar-refractivity contribution >= 4 is 5.69 Å². The second-order valence-corrected chi connectivity index (χ2v) is 4.58. The van der Waals surface area contributed by atoms with Crippen LogP contribution < -0.4 is 4.90 Å². The van der Waals surface area contributed by atoms with Gasteiger partial charge in [-0.3, -0.25) is 0 Å². The number of nitrogens with zero attached hydrogens (tertiary/aromatic N) is 1. The van der Waals surface area contributed by atoms with Crippen LogP contribution in [0.2, 0.25) is 0 Å². The van der Waals surface area contributed by atoms with Crippen LogP contribution in [0.4, 0.5) is 10.1 Å². The molecular weight excluding hydrogens is 193 g/mol. The molecule has 0 heterocycles. The van der Waals surface area contributed by atoms with E-state index >= 15 is 0 Å². The third-order valence-corrected chi connectivity index (χ3v) is 2.85. The second-order valence-electron chi connectivity index (χ2n) is 4.58. The largest absolute Gasteiger partial charge is 0.390 e. The maximum atomic E-state index is 13.6. The molecule has 1 fully saturated rings. The van der Waals surface area contributed by atoms with Crippen molar-refractivity contribution in [3.8, 4) is 0 Å². The lowest BCUT2D eigenvalue weighted by atomic mass is 10.1. The molecule has 1 aromatic carbocycles. The summed E-state index contributed by atoms with van der Waals surface area (Å²) in [5, 5.41) is 9.72. The van der Waals surface area contributed by atoms with E-state index in [-0.39, 0.29) is 5.82 Å². The van der Waals surface area contributed by atoms with Crippen molar-refractivity contribution in [2.24, 2.45) is 0 Å². The summed E-state index contributed by atoms with van der Waals surface area (Å²) in [6, 6.07) is 5.16. The lowest BCUT2D eigenvalue weighted by molar-refractivity contribution is 0.151. The van der Waals surface area contributed by atoms with Gasteiger partial charge in [0.05, 0.1) is 11.3 Å². The van der Waals surface area contributed by atoms with Crippen molar-refractivity contribution < 1.29 is 9.50 Å². The molecule has 0 unspecified atom stereocenters. The Balaban J connectivity index is 2.17. The smallest absolute Gasteiger partial charge is 0.146 e. The first kappa shape index (κ1) is 10.4. The topological polar surface area (TPSA) is 23.5 Å². The minimum absolute atomic E-state index is 0.221. The summed E-state index contributed by atoms with van der Waals surface area (Å²) < 4.78 is 13.6. The van der Waals surface area contributed by atoms with Crippen molar-refractivity contribution in [2.45, 2.75) is 24.9 Å². The molecule has 2 nitrogen and oxygen atoms in total. The molecule has 1 aromatic rings. The summed E-state index contributed by atoms with van der Waals surface area (Å²) in [6.07, 6.45) is 2.24. The van der Waals surface area contributed by atoms with E-state index in [1.54, 1.807) is 11.0 Å². The van der Waals surface area contributed by atoms with Crippen LogP contribution in [-0.2, 0) is 6.42 Å². The van der Waals surface area contributed by atoms with Crippen molar-refractivity contribution in [2.75, 3.05) is 19.0 Å². The summed E-state index contributed by atoms with van der Waals surface area (Å²) in [4.78, 5) is 1.74. The average Bonchev–Trinajstić information content (AvgIpc) is 2.82. The third-order valence-electron chi connectivity index (χ3n) is 2.85. The average molecular weight is 209 g/mol. The highest BCUT2D eigenvalue weighted by atomic mass is 19.1. The summed E-state index contributed by atoms with van der Waals surface area (Å²) >= 11 is 0. The molecule has 0 aliphatic heterocycles. The summed E-state index contributed by atoms with van der Waals surface area (Å²) in [5.41, 5.74) is 0.908. The zero-order valence-corrected chi connectivity index (χ0v) is 9.13. The first-order valence-electron chi connectivity index (χ1n) is 5.18. The molecule has 0 amide bonds. The van der Waals surface area contributed by atoms with Gasteiger partial charge in [-0.25, -0.2) is 4.39 Å². The number of rotatable bonds is 3. The molecule has 0 spiro atoms. The van der Waals surface area contributed by atoms with Gasteiger partial charge in [0.1, 0.15) is 5.82 Å². The Bertz CT molecular complexity index is 372. The normalized spacial score (nSPS) is 17.6. The lowest BCUT2D eigenvalue weighted by Gasteiger charge is -2.15. The fourth-order valence-electron chi connectivity index (χ4n) is 1.72. The van der Waals surface area contributed by atoms with Crippen LogP contribution in [0.1, 0.15) is 18.4 Å². The van der Waals surface area contributed by atoms with Crippen LogP contribution in [0, 0.1) is 5.82 Å². The van der Waals surface area contributed by atoms with Gasteiger partial charge in [-0.1, -0.05) is 6.07 Å². The number of benzene rings is 1. The van der Waals surface area contributed by atoms with Crippen molar-refractivity contribution in [3.05, 3.63) is 29.6 Å². The highest BCUT2D eigenvalue weighted by Crippen LogP contribution is 2.38. The van der Waals surface area contributed by atoms with E-state index in [4.69, 9.17) is 0 Å². The maximum absolute atomic E-state index is 13.6. The molecule has 15 heavy (non-hydrogen) atoms. The van der Waals surface area contributed by atoms with Crippen LogP contribution >= 0.6 is 0 Å². The summed E-state index contributed by atoms with van der Waals surface area (Å²) in [5.74, 6) is -0.221. The first-order chi connectivity index (χ1) is 7.00. The number of halogens is 1. The Morgan fingerprint density at radius 1 is 1.40 bits per heavy atom.